The third-order valence-electron chi connectivity index (χ3n) is 4.18. The Kier molecular flexibility index (Phi) is 4.36. The van der Waals surface area contributed by atoms with Crippen molar-refractivity contribution in [2.75, 3.05) is 13.6 Å². The van der Waals surface area contributed by atoms with Gasteiger partial charge in [-0.05, 0) is 25.5 Å². The molecule has 2 heterocycles. The van der Waals surface area contributed by atoms with Gasteiger partial charge in [0, 0.05) is 25.5 Å². The van der Waals surface area contributed by atoms with Crippen molar-refractivity contribution in [1.82, 2.24) is 19.8 Å². The Morgan fingerprint density at radius 1 is 1.50 bits per heavy atom. The number of fused-ring (bicyclic) bond motifs is 1. The Balaban J connectivity index is 1.79. The summed E-state index contributed by atoms with van der Waals surface area (Å²) in [5, 5.41) is 3.22. The predicted molar refractivity (Wildman–Crippen MR) is 87.9 cm³/mol. The van der Waals surface area contributed by atoms with Crippen LogP contribution in [0.5, 0.6) is 0 Å². The normalized spacial score (nSPS) is 21.4. The summed E-state index contributed by atoms with van der Waals surface area (Å²) in [6.45, 7) is 4.13. The minimum atomic E-state index is -0.174. The van der Waals surface area contributed by atoms with E-state index >= 15 is 0 Å². The van der Waals surface area contributed by atoms with E-state index in [1.807, 2.05) is 25.2 Å². The molecule has 2 atom stereocenters. The minimum absolute atomic E-state index is 0.0440. The summed E-state index contributed by atoms with van der Waals surface area (Å²) >= 11 is 6.07. The van der Waals surface area contributed by atoms with Gasteiger partial charge in [-0.2, -0.15) is 0 Å². The number of rotatable bonds is 4. The number of aromatic nitrogens is 2. The maximum absolute atomic E-state index is 12.5. The van der Waals surface area contributed by atoms with E-state index in [0.29, 0.717) is 19.5 Å². The zero-order valence-corrected chi connectivity index (χ0v) is 13.7. The molecule has 1 aromatic heterocycles. The molecule has 22 heavy (non-hydrogen) atoms. The van der Waals surface area contributed by atoms with Crippen LogP contribution in [0.2, 0.25) is 0 Å². The number of benzene rings is 1. The lowest BCUT2D eigenvalue weighted by molar-refractivity contribution is -0.132. The molecule has 5 nitrogen and oxygen atoms in total. The lowest BCUT2D eigenvalue weighted by atomic mass is 10.2. The monoisotopic (exact) mass is 320 g/mol. The Morgan fingerprint density at radius 3 is 2.95 bits per heavy atom. The highest BCUT2D eigenvalue weighted by molar-refractivity contribution is 6.21. The van der Waals surface area contributed by atoms with Crippen LogP contribution in [-0.4, -0.2) is 45.4 Å². The lowest BCUT2D eigenvalue weighted by Crippen LogP contribution is -2.41. The van der Waals surface area contributed by atoms with Gasteiger partial charge in [0.05, 0.1) is 23.6 Å². The van der Waals surface area contributed by atoms with Gasteiger partial charge in [-0.3, -0.25) is 4.79 Å². The van der Waals surface area contributed by atoms with Crippen molar-refractivity contribution in [3.63, 3.8) is 0 Å². The molecule has 1 aliphatic heterocycles. The first-order valence-corrected chi connectivity index (χ1v) is 8.10. The first-order valence-electron chi connectivity index (χ1n) is 7.66. The average Bonchev–Trinajstić information content (AvgIpc) is 3.09. The summed E-state index contributed by atoms with van der Waals surface area (Å²) in [5.41, 5.74) is 2.08. The van der Waals surface area contributed by atoms with Gasteiger partial charge in [-0.25, -0.2) is 4.98 Å². The Hall–Kier alpha value is -1.59. The van der Waals surface area contributed by atoms with Crippen LogP contribution in [-0.2, 0) is 17.9 Å². The second-order valence-corrected chi connectivity index (χ2v) is 6.37. The zero-order chi connectivity index (χ0) is 15.7. The van der Waals surface area contributed by atoms with Crippen molar-refractivity contribution in [2.24, 2.45) is 0 Å². The number of para-hydroxylation sites is 2. The standard InChI is InChI=1S/C16H21ClN4O/c1-3-21-14-7-5-4-6-12(14)19-15(21)10-20(2)16(22)13-8-11(17)9-18-13/h4-7,11,13,18H,3,8-10H2,1-2H3. The van der Waals surface area contributed by atoms with E-state index in [1.54, 1.807) is 4.90 Å². The number of nitrogens with zero attached hydrogens (tertiary/aromatic N) is 3. The van der Waals surface area contributed by atoms with E-state index in [4.69, 9.17) is 11.6 Å². The smallest absolute Gasteiger partial charge is 0.239 e. The molecule has 6 heteroatoms. The van der Waals surface area contributed by atoms with Crippen molar-refractivity contribution in [1.29, 1.82) is 0 Å². The number of imidazole rings is 1. The first kappa shape index (κ1) is 15.3. The second-order valence-electron chi connectivity index (χ2n) is 5.75. The molecule has 2 aromatic rings. The van der Waals surface area contributed by atoms with Gasteiger partial charge >= 0.3 is 0 Å². The fourth-order valence-corrected chi connectivity index (χ4v) is 3.30. The molecular weight excluding hydrogens is 300 g/mol. The quantitative estimate of drug-likeness (QED) is 0.876. The Morgan fingerprint density at radius 2 is 2.27 bits per heavy atom. The number of carbonyl (C=O) groups excluding carboxylic acids is 1. The van der Waals surface area contributed by atoms with Crippen molar-refractivity contribution in [3.05, 3.63) is 30.1 Å². The molecule has 0 spiro atoms. The molecule has 1 amide bonds. The van der Waals surface area contributed by atoms with Crippen molar-refractivity contribution >= 4 is 28.5 Å². The highest BCUT2D eigenvalue weighted by Gasteiger charge is 2.30. The van der Waals surface area contributed by atoms with Crippen LogP contribution in [0.25, 0.3) is 11.0 Å². The van der Waals surface area contributed by atoms with Crippen LogP contribution < -0.4 is 5.32 Å². The SMILES string of the molecule is CCn1c(CN(C)C(=O)C2CC(Cl)CN2)nc2ccccc21. The Labute approximate surface area is 135 Å². The summed E-state index contributed by atoms with van der Waals surface area (Å²) in [6.07, 6.45) is 0.689. The zero-order valence-electron chi connectivity index (χ0n) is 12.9. The molecule has 0 radical (unpaired) electrons. The number of hydrogen-bond donors (Lipinski definition) is 1. The van der Waals surface area contributed by atoms with E-state index in [1.165, 1.54) is 0 Å². The van der Waals surface area contributed by atoms with Gasteiger partial charge in [-0.1, -0.05) is 12.1 Å². The van der Waals surface area contributed by atoms with Gasteiger partial charge < -0.3 is 14.8 Å². The molecule has 1 saturated heterocycles. The summed E-state index contributed by atoms with van der Waals surface area (Å²) in [6, 6.07) is 7.89. The molecule has 118 valence electrons. The molecule has 3 rings (SSSR count). The average molecular weight is 321 g/mol. The molecule has 1 aromatic carbocycles. The van der Waals surface area contributed by atoms with Crippen LogP contribution in [0.1, 0.15) is 19.2 Å². The molecule has 0 bridgehead atoms. The van der Waals surface area contributed by atoms with Gasteiger partial charge in [-0.15, -0.1) is 11.6 Å². The largest absolute Gasteiger partial charge is 0.337 e. The van der Waals surface area contributed by atoms with Gasteiger partial charge in [0.15, 0.2) is 0 Å². The molecule has 2 unspecified atom stereocenters. The molecule has 0 aliphatic carbocycles. The number of likely N-dealkylation sites (N-methyl/N-ethyl adjacent to an activating group) is 1. The number of halogens is 1. The van der Waals surface area contributed by atoms with Crippen LogP contribution >= 0.6 is 11.6 Å². The molecular formula is C16H21ClN4O. The fourth-order valence-electron chi connectivity index (χ4n) is 3.04. The highest BCUT2D eigenvalue weighted by Crippen LogP contribution is 2.18. The summed E-state index contributed by atoms with van der Waals surface area (Å²) in [5.74, 6) is 0.998. The van der Waals surface area contributed by atoms with Gasteiger partial charge in [0.1, 0.15) is 5.82 Å². The number of hydrogen-bond acceptors (Lipinski definition) is 3. The highest BCUT2D eigenvalue weighted by atomic mass is 35.5. The molecule has 1 aliphatic rings. The molecule has 1 N–H and O–H groups in total. The van der Waals surface area contributed by atoms with Crippen molar-refractivity contribution in [2.45, 2.75) is 37.9 Å². The van der Waals surface area contributed by atoms with Crippen molar-refractivity contribution in [3.8, 4) is 0 Å². The lowest BCUT2D eigenvalue weighted by Gasteiger charge is -2.21. The maximum atomic E-state index is 12.5. The van der Waals surface area contributed by atoms with Gasteiger partial charge in [0.2, 0.25) is 5.91 Å². The van der Waals surface area contributed by atoms with Gasteiger partial charge in [0.25, 0.3) is 0 Å². The maximum Gasteiger partial charge on any atom is 0.239 e. The van der Waals surface area contributed by atoms with E-state index in [2.05, 4.69) is 27.9 Å². The Bertz CT molecular complexity index is 684. The molecule has 1 fully saturated rings. The first-order chi connectivity index (χ1) is 10.6. The predicted octanol–water partition coefficient (Wildman–Crippen LogP) is 1.98. The summed E-state index contributed by atoms with van der Waals surface area (Å²) in [7, 11) is 1.82. The third kappa shape index (κ3) is 2.83. The molecule has 0 saturated carbocycles. The van der Waals surface area contributed by atoms with Crippen LogP contribution in [0.4, 0.5) is 0 Å². The number of aryl methyl sites for hydroxylation is 1. The number of amides is 1. The van der Waals surface area contributed by atoms with E-state index in [0.717, 1.165) is 23.4 Å². The second kappa shape index (κ2) is 6.26. The third-order valence-corrected chi connectivity index (χ3v) is 4.51. The van der Waals surface area contributed by atoms with Crippen LogP contribution in [0, 0.1) is 0 Å². The minimum Gasteiger partial charge on any atom is -0.337 e. The number of carbonyl (C=O) groups is 1. The van der Waals surface area contributed by atoms with E-state index in [9.17, 15) is 4.79 Å². The van der Waals surface area contributed by atoms with Crippen LogP contribution in [0.15, 0.2) is 24.3 Å². The summed E-state index contributed by atoms with van der Waals surface area (Å²) < 4.78 is 2.16. The number of alkyl halides is 1. The topological polar surface area (TPSA) is 50.2 Å². The number of nitrogens with one attached hydrogen (secondary N) is 1. The summed E-state index contributed by atoms with van der Waals surface area (Å²) in [4.78, 5) is 18.9. The van der Waals surface area contributed by atoms with E-state index in [-0.39, 0.29) is 17.3 Å². The van der Waals surface area contributed by atoms with Crippen LogP contribution in [0.3, 0.4) is 0 Å². The van der Waals surface area contributed by atoms with E-state index < -0.39 is 0 Å². The fraction of sp³-hybridized carbons (Fsp3) is 0.500. The van der Waals surface area contributed by atoms with Crippen molar-refractivity contribution < 1.29 is 4.79 Å².